The van der Waals surface area contributed by atoms with Crippen molar-refractivity contribution in [3.8, 4) is 0 Å². The standard InChI is InChI=1S/C16H18N2O3S/c1-21-8-15-17-14(9-22-15)16(20)18-13-6-10(7-19)11-4-2-3-5-12(11)13/h2-5,9-10,13,19H,6-8H2,1H3,(H,18,20)/t10-,13+/m1/s1. The van der Waals surface area contributed by atoms with Crippen molar-refractivity contribution in [2.75, 3.05) is 13.7 Å². The fourth-order valence-corrected chi connectivity index (χ4v) is 3.63. The third-order valence-corrected chi connectivity index (χ3v) is 4.73. The first-order valence-electron chi connectivity index (χ1n) is 7.16. The molecule has 0 radical (unpaired) electrons. The lowest BCUT2D eigenvalue weighted by atomic mass is 10.0. The van der Waals surface area contributed by atoms with Crippen LogP contribution in [0.5, 0.6) is 0 Å². The SMILES string of the molecule is COCc1nc(C(=O)N[C@H]2C[C@H](CO)c3ccccc32)cs1. The Labute approximate surface area is 133 Å². The Bertz CT molecular complexity index is 671. The number of fused-ring (bicyclic) bond motifs is 1. The number of carbonyl (C=O) groups excluding carboxylic acids is 1. The Hall–Kier alpha value is -1.76. The third kappa shape index (κ3) is 2.90. The van der Waals surface area contributed by atoms with Gasteiger partial charge in [-0.2, -0.15) is 0 Å². The van der Waals surface area contributed by atoms with Crippen LogP contribution < -0.4 is 5.32 Å². The molecule has 1 aliphatic carbocycles. The number of aliphatic hydroxyl groups is 1. The largest absolute Gasteiger partial charge is 0.396 e. The fraction of sp³-hybridized carbons (Fsp3) is 0.375. The van der Waals surface area contributed by atoms with Crippen LogP contribution in [0.4, 0.5) is 0 Å². The maximum Gasteiger partial charge on any atom is 0.271 e. The molecule has 3 rings (SSSR count). The quantitative estimate of drug-likeness (QED) is 0.887. The van der Waals surface area contributed by atoms with Gasteiger partial charge in [-0.1, -0.05) is 24.3 Å². The van der Waals surface area contributed by atoms with Gasteiger partial charge in [-0.15, -0.1) is 11.3 Å². The van der Waals surface area contributed by atoms with Crippen LogP contribution in [0.15, 0.2) is 29.6 Å². The maximum atomic E-state index is 12.4. The average Bonchev–Trinajstić information content (AvgIpc) is 3.13. The molecule has 0 bridgehead atoms. The topological polar surface area (TPSA) is 71.5 Å². The number of rotatable bonds is 5. The molecule has 1 heterocycles. The number of ether oxygens (including phenoxy) is 1. The summed E-state index contributed by atoms with van der Waals surface area (Å²) in [5.41, 5.74) is 2.62. The summed E-state index contributed by atoms with van der Waals surface area (Å²) in [6, 6.07) is 7.86. The number of nitrogens with zero attached hydrogens (tertiary/aromatic N) is 1. The normalized spacial score (nSPS) is 19.9. The molecule has 2 N–H and O–H groups in total. The lowest BCUT2D eigenvalue weighted by molar-refractivity contribution is 0.0929. The summed E-state index contributed by atoms with van der Waals surface area (Å²) in [5, 5.41) is 15.1. The molecule has 1 amide bonds. The Morgan fingerprint density at radius 2 is 2.23 bits per heavy atom. The van der Waals surface area contributed by atoms with E-state index in [4.69, 9.17) is 4.74 Å². The van der Waals surface area contributed by atoms with Crippen LogP contribution in [0.1, 0.15) is 45.0 Å². The molecule has 0 spiro atoms. The highest BCUT2D eigenvalue weighted by molar-refractivity contribution is 7.09. The first-order chi connectivity index (χ1) is 10.7. The summed E-state index contributed by atoms with van der Waals surface area (Å²) in [6.07, 6.45) is 0.719. The summed E-state index contributed by atoms with van der Waals surface area (Å²) >= 11 is 1.41. The van der Waals surface area contributed by atoms with Gasteiger partial charge in [0.25, 0.3) is 5.91 Å². The van der Waals surface area contributed by atoms with E-state index >= 15 is 0 Å². The third-order valence-electron chi connectivity index (χ3n) is 3.91. The van der Waals surface area contributed by atoms with Crippen LogP contribution in [-0.4, -0.2) is 29.7 Å². The van der Waals surface area contributed by atoms with Crippen molar-refractivity contribution in [3.63, 3.8) is 0 Å². The van der Waals surface area contributed by atoms with Crippen molar-refractivity contribution >= 4 is 17.2 Å². The molecule has 1 aromatic heterocycles. The number of nitrogens with one attached hydrogen (secondary N) is 1. The Morgan fingerprint density at radius 1 is 1.45 bits per heavy atom. The van der Waals surface area contributed by atoms with Gasteiger partial charge < -0.3 is 15.2 Å². The zero-order valence-electron chi connectivity index (χ0n) is 12.3. The van der Waals surface area contributed by atoms with E-state index in [1.807, 2.05) is 24.3 Å². The van der Waals surface area contributed by atoms with Gasteiger partial charge in [0.05, 0.1) is 19.3 Å². The lowest BCUT2D eigenvalue weighted by Gasteiger charge is -2.13. The van der Waals surface area contributed by atoms with Gasteiger partial charge in [0.15, 0.2) is 0 Å². The highest BCUT2D eigenvalue weighted by Crippen LogP contribution is 2.39. The van der Waals surface area contributed by atoms with Gasteiger partial charge in [-0.25, -0.2) is 4.98 Å². The number of benzene rings is 1. The summed E-state index contributed by atoms with van der Waals surface area (Å²) < 4.78 is 5.02. The summed E-state index contributed by atoms with van der Waals surface area (Å²) in [5.74, 6) is -0.0991. The molecule has 0 saturated heterocycles. The number of methoxy groups -OCH3 is 1. The molecular weight excluding hydrogens is 300 g/mol. The van der Waals surface area contributed by atoms with Gasteiger partial charge in [0, 0.05) is 18.4 Å². The monoisotopic (exact) mass is 318 g/mol. The second-order valence-corrected chi connectivity index (χ2v) is 6.27. The van der Waals surface area contributed by atoms with E-state index in [2.05, 4.69) is 10.3 Å². The van der Waals surface area contributed by atoms with Crippen LogP contribution in [0, 0.1) is 0 Å². The van der Waals surface area contributed by atoms with Crippen molar-refractivity contribution in [2.45, 2.75) is 25.0 Å². The summed E-state index contributed by atoms with van der Waals surface area (Å²) in [7, 11) is 1.60. The summed E-state index contributed by atoms with van der Waals surface area (Å²) in [4.78, 5) is 16.6. The minimum Gasteiger partial charge on any atom is -0.396 e. The number of carbonyl (C=O) groups is 1. The smallest absolute Gasteiger partial charge is 0.271 e. The first-order valence-corrected chi connectivity index (χ1v) is 8.04. The number of hydrogen-bond donors (Lipinski definition) is 2. The number of amides is 1. The summed E-state index contributed by atoms with van der Waals surface area (Å²) in [6.45, 7) is 0.509. The predicted molar refractivity (Wildman–Crippen MR) is 83.9 cm³/mol. The van der Waals surface area contributed by atoms with Gasteiger partial charge >= 0.3 is 0 Å². The van der Waals surface area contributed by atoms with E-state index < -0.39 is 0 Å². The fourth-order valence-electron chi connectivity index (χ4n) is 2.89. The number of aromatic nitrogens is 1. The zero-order chi connectivity index (χ0) is 15.5. The van der Waals surface area contributed by atoms with Crippen LogP contribution in [0.25, 0.3) is 0 Å². The number of thiazole rings is 1. The number of aliphatic hydroxyl groups excluding tert-OH is 1. The highest BCUT2D eigenvalue weighted by Gasteiger charge is 2.31. The zero-order valence-corrected chi connectivity index (χ0v) is 13.1. The van der Waals surface area contributed by atoms with Crippen LogP contribution >= 0.6 is 11.3 Å². The van der Waals surface area contributed by atoms with Gasteiger partial charge in [0.1, 0.15) is 10.7 Å². The molecule has 22 heavy (non-hydrogen) atoms. The maximum absolute atomic E-state index is 12.4. The Kier molecular flexibility index (Phi) is 4.52. The van der Waals surface area contributed by atoms with Gasteiger partial charge in [0.2, 0.25) is 0 Å². The molecule has 2 atom stereocenters. The number of hydrogen-bond acceptors (Lipinski definition) is 5. The van der Waals surface area contributed by atoms with Crippen LogP contribution in [0.2, 0.25) is 0 Å². The van der Waals surface area contributed by atoms with Crippen molar-refractivity contribution in [3.05, 3.63) is 51.5 Å². The van der Waals surface area contributed by atoms with E-state index in [-0.39, 0.29) is 24.5 Å². The Balaban J connectivity index is 1.74. The minimum atomic E-state index is -0.183. The van der Waals surface area contributed by atoms with E-state index in [9.17, 15) is 9.90 Å². The van der Waals surface area contributed by atoms with E-state index in [1.165, 1.54) is 11.3 Å². The molecule has 1 aromatic carbocycles. The molecule has 6 heteroatoms. The molecule has 0 saturated carbocycles. The second kappa shape index (κ2) is 6.56. The van der Waals surface area contributed by atoms with Crippen molar-refractivity contribution in [2.24, 2.45) is 0 Å². The van der Waals surface area contributed by atoms with Crippen molar-refractivity contribution < 1.29 is 14.6 Å². The second-order valence-electron chi connectivity index (χ2n) is 5.33. The van der Waals surface area contributed by atoms with E-state index in [0.29, 0.717) is 12.3 Å². The molecule has 1 aliphatic rings. The van der Waals surface area contributed by atoms with Crippen molar-refractivity contribution in [1.82, 2.24) is 10.3 Å². The molecular formula is C16H18N2O3S. The van der Waals surface area contributed by atoms with Gasteiger partial charge in [-0.3, -0.25) is 4.79 Å². The lowest BCUT2D eigenvalue weighted by Crippen LogP contribution is -2.27. The Morgan fingerprint density at radius 3 is 2.95 bits per heavy atom. The average molecular weight is 318 g/mol. The van der Waals surface area contributed by atoms with Crippen LogP contribution in [0.3, 0.4) is 0 Å². The molecule has 2 aromatic rings. The van der Waals surface area contributed by atoms with Crippen molar-refractivity contribution in [1.29, 1.82) is 0 Å². The van der Waals surface area contributed by atoms with Crippen LogP contribution in [-0.2, 0) is 11.3 Å². The predicted octanol–water partition coefficient (Wildman–Crippen LogP) is 2.24. The minimum absolute atomic E-state index is 0.0755. The van der Waals surface area contributed by atoms with E-state index in [0.717, 1.165) is 22.6 Å². The van der Waals surface area contributed by atoms with E-state index in [1.54, 1.807) is 12.5 Å². The molecule has 5 nitrogen and oxygen atoms in total. The highest BCUT2D eigenvalue weighted by atomic mass is 32.1. The molecule has 0 fully saturated rings. The van der Waals surface area contributed by atoms with Gasteiger partial charge in [-0.05, 0) is 17.5 Å². The first kappa shape index (κ1) is 15.1. The molecule has 0 unspecified atom stereocenters. The molecule has 116 valence electrons. The molecule has 0 aliphatic heterocycles.